The fourth-order valence-electron chi connectivity index (χ4n) is 3.01. The number of nitrogens with zero attached hydrogens (tertiary/aromatic N) is 2. The van der Waals surface area contributed by atoms with Crippen molar-refractivity contribution in [2.75, 3.05) is 31.1 Å². The first-order valence-electron chi connectivity index (χ1n) is 7.62. The summed E-state index contributed by atoms with van der Waals surface area (Å²) < 4.78 is 0. The first-order valence-corrected chi connectivity index (χ1v) is 7.62. The van der Waals surface area contributed by atoms with Crippen molar-refractivity contribution < 1.29 is 9.59 Å². The van der Waals surface area contributed by atoms with Gasteiger partial charge in [-0.3, -0.25) is 9.59 Å². The lowest BCUT2D eigenvalue weighted by atomic mass is 10.1. The van der Waals surface area contributed by atoms with Gasteiger partial charge in [0.1, 0.15) is 6.54 Å². The summed E-state index contributed by atoms with van der Waals surface area (Å²) in [6, 6.07) is 7.79. The van der Waals surface area contributed by atoms with Crippen LogP contribution in [0.1, 0.15) is 24.8 Å². The summed E-state index contributed by atoms with van der Waals surface area (Å²) in [4.78, 5) is 28.3. The Morgan fingerprint density at radius 3 is 2.67 bits per heavy atom. The molecule has 21 heavy (non-hydrogen) atoms. The average molecular weight is 287 g/mol. The van der Waals surface area contributed by atoms with E-state index < -0.39 is 0 Å². The summed E-state index contributed by atoms with van der Waals surface area (Å²) in [6.07, 6.45) is 3.33. The molecule has 1 N–H and O–H groups in total. The number of carbonyl (C=O) groups excluding carboxylic acids is 2. The predicted molar refractivity (Wildman–Crippen MR) is 80.9 cm³/mol. The Bertz CT molecular complexity index is 538. The number of piperidine rings is 1. The smallest absolute Gasteiger partial charge is 0.242 e. The van der Waals surface area contributed by atoms with Crippen LogP contribution in [-0.2, 0) is 16.1 Å². The van der Waals surface area contributed by atoms with Gasteiger partial charge in [-0.25, -0.2) is 0 Å². The Labute approximate surface area is 124 Å². The molecule has 0 aromatic heterocycles. The second-order valence-corrected chi connectivity index (χ2v) is 5.65. The third-order valence-corrected chi connectivity index (χ3v) is 4.18. The molecule has 1 fully saturated rings. The van der Waals surface area contributed by atoms with Crippen LogP contribution in [0.3, 0.4) is 0 Å². The molecule has 2 heterocycles. The number of amides is 2. The summed E-state index contributed by atoms with van der Waals surface area (Å²) in [5, 5.41) is 3.12. The molecule has 0 aliphatic carbocycles. The standard InChI is InChI=1S/C16H21N3O2/c20-15-11-17-10-13-6-2-3-7-14(13)19(15)12-16(21)18-8-4-1-5-9-18/h2-3,6-7,17H,1,4-5,8-12H2. The zero-order valence-electron chi connectivity index (χ0n) is 12.2. The lowest BCUT2D eigenvalue weighted by molar-refractivity contribution is -0.132. The highest BCUT2D eigenvalue weighted by Crippen LogP contribution is 2.23. The minimum Gasteiger partial charge on any atom is -0.341 e. The van der Waals surface area contributed by atoms with Gasteiger partial charge in [-0.05, 0) is 30.9 Å². The summed E-state index contributed by atoms with van der Waals surface area (Å²) in [5.41, 5.74) is 1.92. The highest BCUT2D eigenvalue weighted by molar-refractivity contribution is 6.00. The van der Waals surface area contributed by atoms with Crippen LogP contribution in [0, 0.1) is 0 Å². The molecule has 3 rings (SSSR count). The normalized spacial score (nSPS) is 19.1. The van der Waals surface area contributed by atoms with Crippen LogP contribution in [0.2, 0.25) is 0 Å². The van der Waals surface area contributed by atoms with E-state index >= 15 is 0 Å². The van der Waals surface area contributed by atoms with Crippen LogP contribution in [0.4, 0.5) is 5.69 Å². The van der Waals surface area contributed by atoms with Gasteiger partial charge in [0.05, 0.1) is 6.54 Å². The number of rotatable bonds is 2. The van der Waals surface area contributed by atoms with E-state index in [9.17, 15) is 9.59 Å². The maximum Gasteiger partial charge on any atom is 0.242 e. The van der Waals surface area contributed by atoms with Gasteiger partial charge in [0.2, 0.25) is 11.8 Å². The van der Waals surface area contributed by atoms with Gasteiger partial charge in [-0.15, -0.1) is 0 Å². The minimum absolute atomic E-state index is 0.0368. The van der Waals surface area contributed by atoms with Gasteiger partial charge in [-0.1, -0.05) is 18.2 Å². The number of nitrogens with one attached hydrogen (secondary N) is 1. The molecule has 0 unspecified atom stereocenters. The number of anilines is 1. The Hall–Kier alpha value is -1.88. The summed E-state index contributed by atoms with van der Waals surface area (Å²) in [6.45, 7) is 2.73. The number of carbonyl (C=O) groups is 2. The molecule has 1 aromatic rings. The fourth-order valence-corrected chi connectivity index (χ4v) is 3.01. The largest absolute Gasteiger partial charge is 0.341 e. The van der Waals surface area contributed by atoms with Crippen LogP contribution < -0.4 is 10.2 Å². The number of hydrogen-bond donors (Lipinski definition) is 1. The molecule has 0 spiro atoms. The number of fused-ring (bicyclic) bond motifs is 1. The summed E-state index contributed by atoms with van der Waals surface area (Å²) in [5.74, 6) is 0.0186. The topological polar surface area (TPSA) is 52.7 Å². The SMILES string of the molecule is O=C(CN1C(=O)CNCc2ccccc21)N1CCCCC1. The molecule has 2 aliphatic rings. The minimum atomic E-state index is -0.0368. The van der Waals surface area contributed by atoms with Crippen LogP contribution in [0.15, 0.2) is 24.3 Å². The molecular formula is C16H21N3O2. The molecule has 5 heteroatoms. The van der Waals surface area contributed by atoms with E-state index in [1.54, 1.807) is 4.90 Å². The number of likely N-dealkylation sites (tertiary alicyclic amines) is 1. The van der Waals surface area contributed by atoms with Gasteiger partial charge in [0.15, 0.2) is 0 Å². The maximum atomic E-state index is 12.4. The third kappa shape index (κ3) is 3.08. The molecule has 2 amide bonds. The first-order chi connectivity index (χ1) is 10.3. The molecule has 0 radical (unpaired) electrons. The molecule has 2 aliphatic heterocycles. The molecular weight excluding hydrogens is 266 g/mol. The van der Waals surface area contributed by atoms with Crippen molar-refractivity contribution in [3.05, 3.63) is 29.8 Å². The van der Waals surface area contributed by atoms with Crippen molar-refractivity contribution in [2.45, 2.75) is 25.8 Å². The van der Waals surface area contributed by atoms with Crippen molar-refractivity contribution in [2.24, 2.45) is 0 Å². The molecule has 1 aromatic carbocycles. The molecule has 1 saturated heterocycles. The van der Waals surface area contributed by atoms with Crippen LogP contribution in [0.5, 0.6) is 0 Å². The van der Waals surface area contributed by atoms with E-state index in [1.807, 2.05) is 29.2 Å². The lowest BCUT2D eigenvalue weighted by Crippen LogP contribution is -2.46. The van der Waals surface area contributed by atoms with Crippen LogP contribution in [0.25, 0.3) is 0 Å². The fraction of sp³-hybridized carbons (Fsp3) is 0.500. The second kappa shape index (κ2) is 6.26. The van der Waals surface area contributed by atoms with E-state index in [-0.39, 0.29) is 24.9 Å². The lowest BCUT2D eigenvalue weighted by Gasteiger charge is -2.30. The van der Waals surface area contributed by atoms with Gasteiger partial charge in [-0.2, -0.15) is 0 Å². The van der Waals surface area contributed by atoms with E-state index in [0.29, 0.717) is 6.54 Å². The Morgan fingerprint density at radius 1 is 1.10 bits per heavy atom. The molecule has 0 saturated carbocycles. The number of hydrogen-bond acceptors (Lipinski definition) is 3. The first kappa shape index (κ1) is 14.1. The van der Waals surface area contributed by atoms with Crippen molar-refractivity contribution in [1.82, 2.24) is 10.2 Å². The molecule has 112 valence electrons. The third-order valence-electron chi connectivity index (χ3n) is 4.18. The van der Waals surface area contributed by atoms with Gasteiger partial charge < -0.3 is 15.1 Å². The second-order valence-electron chi connectivity index (χ2n) is 5.65. The van der Waals surface area contributed by atoms with E-state index in [2.05, 4.69) is 5.32 Å². The summed E-state index contributed by atoms with van der Waals surface area (Å²) >= 11 is 0. The van der Waals surface area contributed by atoms with Gasteiger partial charge in [0, 0.05) is 25.3 Å². The maximum absolute atomic E-state index is 12.4. The van der Waals surface area contributed by atoms with E-state index in [4.69, 9.17) is 0 Å². The van der Waals surface area contributed by atoms with Gasteiger partial charge >= 0.3 is 0 Å². The highest BCUT2D eigenvalue weighted by atomic mass is 16.2. The average Bonchev–Trinajstić information content (AvgIpc) is 2.68. The molecule has 0 bridgehead atoms. The summed E-state index contributed by atoms with van der Waals surface area (Å²) in [7, 11) is 0. The number of benzene rings is 1. The zero-order chi connectivity index (χ0) is 14.7. The van der Waals surface area contributed by atoms with E-state index in [1.165, 1.54) is 6.42 Å². The monoisotopic (exact) mass is 287 g/mol. The van der Waals surface area contributed by atoms with Crippen molar-refractivity contribution in [3.8, 4) is 0 Å². The Kier molecular flexibility index (Phi) is 4.20. The van der Waals surface area contributed by atoms with Crippen LogP contribution in [-0.4, -0.2) is 42.9 Å². The van der Waals surface area contributed by atoms with E-state index in [0.717, 1.165) is 37.2 Å². The van der Waals surface area contributed by atoms with Gasteiger partial charge in [0.25, 0.3) is 0 Å². The molecule has 0 atom stereocenters. The quantitative estimate of drug-likeness (QED) is 0.887. The number of para-hydroxylation sites is 1. The van der Waals surface area contributed by atoms with Crippen molar-refractivity contribution in [1.29, 1.82) is 0 Å². The Morgan fingerprint density at radius 2 is 1.86 bits per heavy atom. The zero-order valence-corrected chi connectivity index (χ0v) is 12.2. The molecule has 5 nitrogen and oxygen atoms in total. The van der Waals surface area contributed by atoms with Crippen molar-refractivity contribution >= 4 is 17.5 Å². The Balaban J connectivity index is 1.79. The predicted octanol–water partition coefficient (Wildman–Crippen LogP) is 1.14. The van der Waals surface area contributed by atoms with Crippen LogP contribution >= 0.6 is 0 Å². The highest BCUT2D eigenvalue weighted by Gasteiger charge is 2.26. The van der Waals surface area contributed by atoms with Crippen molar-refractivity contribution in [3.63, 3.8) is 0 Å².